The fraction of sp³-hybridized carbons (Fsp3) is 0.778. The Morgan fingerprint density at radius 1 is 1.29 bits per heavy atom. The Balaban J connectivity index is 2.42. The molecule has 0 aromatic carbocycles. The predicted octanol–water partition coefficient (Wildman–Crippen LogP) is 1.86. The topological polar surface area (TPSA) is 57.5 Å². The number of nitrogens with one attached hydrogen (secondary N) is 2. The van der Waals surface area contributed by atoms with Crippen molar-refractivity contribution in [2.75, 3.05) is 33.2 Å². The van der Waals surface area contributed by atoms with Crippen LogP contribution >= 0.6 is 0 Å². The summed E-state index contributed by atoms with van der Waals surface area (Å²) < 4.78 is 1.96. The van der Waals surface area contributed by atoms with E-state index in [2.05, 4.69) is 60.2 Å². The van der Waals surface area contributed by atoms with E-state index in [0.717, 1.165) is 50.7 Å². The number of aromatic nitrogens is 2. The van der Waals surface area contributed by atoms with Crippen molar-refractivity contribution in [2.45, 2.75) is 53.5 Å². The summed E-state index contributed by atoms with van der Waals surface area (Å²) in [4.78, 5) is 6.78. The van der Waals surface area contributed by atoms with Crippen molar-refractivity contribution in [3.05, 3.63) is 17.0 Å². The lowest BCUT2D eigenvalue weighted by molar-refractivity contribution is 0.300. The second kappa shape index (κ2) is 10.3. The van der Waals surface area contributed by atoms with Crippen LogP contribution in [0.2, 0.25) is 0 Å². The normalized spacial score (nSPS) is 13.4. The fourth-order valence-corrected chi connectivity index (χ4v) is 2.95. The van der Waals surface area contributed by atoms with Gasteiger partial charge in [-0.1, -0.05) is 13.8 Å². The van der Waals surface area contributed by atoms with Crippen LogP contribution in [0, 0.1) is 13.8 Å². The minimum atomic E-state index is 0.306. The van der Waals surface area contributed by atoms with Gasteiger partial charge in [0.25, 0.3) is 0 Å². The van der Waals surface area contributed by atoms with Crippen LogP contribution in [0.4, 0.5) is 0 Å². The average molecular weight is 337 g/mol. The monoisotopic (exact) mass is 336 g/mol. The molecule has 0 aliphatic carbocycles. The number of aryl methyl sites for hydroxylation is 2. The minimum Gasteiger partial charge on any atom is -0.356 e. The predicted molar refractivity (Wildman–Crippen MR) is 103 cm³/mol. The zero-order valence-corrected chi connectivity index (χ0v) is 16.6. The van der Waals surface area contributed by atoms with Gasteiger partial charge < -0.3 is 15.5 Å². The zero-order valence-electron chi connectivity index (χ0n) is 16.6. The van der Waals surface area contributed by atoms with Gasteiger partial charge in [0.05, 0.1) is 5.69 Å². The molecule has 0 fully saturated rings. The van der Waals surface area contributed by atoms with Gasteiger partial charge in [0.1, 0.15) is 0 Å². The summed E-state index contributed by atoms with van der Waals surface area (Å²) in [5.41, 5.74) is 3.68. The Hall–Kier alpha value is -1.56. The maximum Gasteiger partial charge on any atom is 0.191 e. The quantitative estimate of drug-likeness (QED) is 0.411. The van der Waals surface area contributed by atoms with Crippen LogP contribution in [0.3, 0.4) is 0 Å². The van der Waals surface area contributed by atoms with Crippen LogP contribution < -0.4 is 10.6 Å². The van der Waals surface area contributed by atoms with Gasteiger partial charge >= 0.3 is 0 Å². The Labute approximate surface area is 147 Å². The second-order valence-corrected chi connectivity index (χ2v) is 6.40. The molecule has 0 saturated carbocycles. The standard InChI is InChI=1S/C18H36N6/c1-8-24(9-2)12-10-11-20-18(19-6)21-14(3)13-17-15(4)22-23(7)16(17)5/h14H,8-13H2,1-7H3,(H2,19,20,21). The summed E-state index contributed by atoms with van der Waals surface area (Å²) in [6, 6.07) is 0.306. The largest absolute Gasteiger partial charge is 0.356 e. The van der Waals surface area contributed by atoms with Crippen molar-refractivity contribution in [1.82, 2.24) is 25.3 Å². The van der Waals surface area contributed by atoms with E-state index in [1.807, 2.05) is 18.8 Å². The number of aliphatic imine (C=N–C) groups is 1. The number of rotatable bonds is 9. The molecule has 1 aromatic heterocycles. The van der Waals surface area contributed by atoms with Crippen LogP contribution in [0.15, 0.2) is 4.99 Å². The lowest BCUT2D eigenvalue weighted by atomic mass is 10.1. The fourth-order valence-electron chi connectivity index (χ4n) is 2.95. The summed E-state index contributed by atoms with van der Waals surface area (Å²) in [5, 5.41) is 11.4. The van der Waals surface area contributed by atoms with E-state index in [1.165, 1.54) is 11.3 Å². The van der Waals surface area contributed by atoms with Gasteiger partial charge in [0.2, 0.25) is 0 Å². The first-order valence-electron chi connectivity index (χ1n) is 9.11. The highest BCUT2D eigenvalue weighted by molar-refractivity contribution is 5.79. The minimum absolute atomic E-state index is 0.306. The summed E-state index contributed by atoms with van der Waals surface area (Å²) in [6.45, 7) is 15.1. The maximum absolute atomic E-state index is 4.49. The number of hydrogen-bond donors (Lipinski definition) is 2. The molecule has 0 aliphatic heterocycles. The Kier molecular flexibility index (Phi) is 8.82. The van der Waals surface area contributed by atoms with Crippen LogP contribution in [-0.4, -0.2) is 59.9 Å². The highest BCUT2D eigenvalue weighted by Gasteiger charge is 2.13. The van der Waals surface area contributed by atoms with Crippen molar-refractivity contribution >= 4 is 5.96 Å². The molecular formula is C18H36N6. The molecule has 0 spiro atoms. The summed E-state index contributed by atoms with van der Waals surface area (Å²) >= 11 is 0. The van der Waals surface area contributed by atoms with Gasteiger partial charge in [0, 0.05) is 32.4 Å². The maximum atomic E-state index is 4.49. The molecule has 1 unspecified atom stereocenters. The smallest absolute Gasteiger partial charge is 0.191 e. The summed E-state index contributed by atoms with van der Waals surface area (Å²) in [7, 11) is 3.83. The third kappa shape index (κ3) is 6.15. The third-order valence-electron chi connectivity index (χ3n) is 4.61. The first-order chi connectivity index (χ1) is 11.4. The molecule has 1 atom stereocenters. The van der Waals surface area contributed by atoms with E-state index in [0.29, 0.717) is 6.04 Å². The van der Waals surface area contributed by atoms with Crippen molar-refractivity contribution in [2.24, 2.45) is 12.0 Å². The molecule has 0 amide bonds. The highest BCUT2D eigenvalue weighted by atomic mass is 15.3. The van der Waals surface area contributed by atoms with Crippen LogP contribution in [0.5, 0.6) is 0 Å². The summed E-state index contributed by atoms with van der Waals surface area (Å²) in [6.07, 6.45) is 2.07. The molecule has 1 rings (SSSR count). The van der Waals surface area contributed by atoms with Gasteiger partial charge in [-0.3, -0.25) is 9.67 Å². The Morgan fingerprint density at radius 3 is 2.46 bits per heavy atom. The first-order valence-corrected chi connectivity index (χ1v) is 9.11. The van der Waals surface area contributed by atoms with E-state index >= 15 is 0 Å². The van der Waals surface area contributed by atoms with Gasteiger partial charge in [0.15, 0.2) is 5.96 Å². The molecule has 1 aromatic rings. The van der Waals surface area contributed by atoms with E-state index in [1.54, 1.807) is 0 Å². The molecule has 6 nitrogen and oxygen atoms in total. The number of guanidine groups is 1. The molecule has 0 aliphatic rings. The van der Waals surface area contributed by atoms with Crippen molar-refractivity contribution < 1.29 is 0 Å². The Morgan fingerprint density at radius 2 is 1.96 bits per heavy atom. The molecule has 0 saturated heterocycles. The van der Waals surface area contributed by atoms with Crippen molar-refractivity contribution in [1.29, 1.82) is 0 Å². The lowest BCUT2D eigenvalue weighted by Gasteiger charge is -2.20. The summed E-state index contributed by atoms with van der Waals surface area (Å²) in [5.74, 6) is 0.876. The van der Waals surface area contributed by atoms with Crippen LogP contribution in [0.25, 0.3) is 0 Å². The number of nitrogens with zero attached hydrogens (tertiary/aromatic N) is 4. The van der Waals surface area contributed by atoms with Gasteiger partial charge in [-0.2, -0.15) is 5.10 Å². The first kappa shape index (κ1) is 20.5. The lowest BCUT2D eigenvalue weighted by Crippen LogP contribution is -2.44. The van der Waals surface area contributed by atoms with Crippen LogP contribution in [-0.2, 0) is 13.5 Å². The molecule has 0 bridgehead atoms. The van der Waals surface area contributed by atoms with E-state index < -0.39 is 0 Å². The highest BCUT2D eigenvalue weighted by Crippen LogP contribution is 2.14. The Bertz CT molecular complexity index is 516. The van der Waals surface area contributed by atoms with Gasteiger partial charge in [-0.25, -0.2) is 0 Å². The molecule has 0 radical (unpaired) electrons. The molecular weight excluding hydrogens is 300 g/mol. The SMILES string of the molecule is CCN(CC)CCCNC(=NC)NC(C)Cc1c(C)nn(C)c1C. The number of hydrogen-bond acceptors (Lipinski definition) is 3. The molecule has 6 heteroatoms. The third-order valence-corrected chi connectivity index (χ3v) is 4.61. The van der Waals surface area contributed by atoms with E-state index in [9.17, 15) is 0 Å². The van der Waals surface area contributed by atoms with Crippen LogP contribution in [0.1, 0.15) is 44.1 Å². The molecule has 138 valence electrons. The average Bonchev–Trinajstić information content (AvgIpc) is 2.80. The van der Waals surface area contributed by atoms with E-state index in [-0.39, 0.29) is 0 Å². The molecule has 24 heavy (non-hydrogen) atoms. The van der Waals surface area contributed by atoms with Crippen molar-refractivity contribution in [3.63, 3.8) is 0 Å². The van der Waals surface area contributed by atoms with Crippen molar-refractivity contribution in [3.8, 4) is 0 Å². The van der Waals surface area contributed by atoms with Gasteiger partial charge in [-0.15, -0.1) is 0 Å². The van der Waals surface area contributed by atoms with Gasteiger partial charge in [-0.05, 0) is 58.8 Å². The molecule has 2 N–H and O–H groups in total. The zero-order chi connectivity index (χ0) is 18.1. The molecule has 1 heterocycles. The second-order valence-electron chi connectivity index (χ2n) is 6.40. The van der Waals surface area contributed by atoms with E-state index in [4.69, 9.17) is 0 Å².